The van der Waals surface area contributed by atoms with E-state index in [0.29, 0.717) is 6.61 Å². The molecule has 102 valence electrons. The van der Waals surface area contributed by atoms with E-state index in [1.807, 2.05) is 0 Å². The van der Waals surface area contributed by atoms with E-state index in [9.17, 15) is 14.0 Å². The second-order valence-corrected chi connectivity index (χ2v) is 4.41. The summed E-state index contributed by atoms with van der Waals surface area (Å²) in [6.07, 6.45) is 0. The highest BCUT2D eigenvalue weighted by atomic mass is 79.9. The number of halogens is 2. The van der Waals surface area contributed by atoms with Crippen molar-refractivity contribution in [1.82, 2.24) is 0 Å². The summed E-state index contributed by atoms with van der Waals surface area (Å²) in [5.41, 5.74) is -0.414. The van der Waals surface area contributed by atoms with E-state index in [2.05, 4.69) is 20.7 Å². The van der Waals surface area contributed by atoms with E-state index in [1.165, 1.54) is 0 Å². The van der Waals surface area contributed by atoms with E-state index in [0.717, 1.165) is 6.07 Å². The first-order valence-corrected chi connectivity index (χ1v) is 6.34. The van der Waals surface area contributed by atoms with Gasteiger partial charge in [0, 0.05) is 6.07 Å². The van der Waals surface area contributed by atoms with Gasteiger partial charge in [0.25, 0.3) is 5.78 Å². The highest BCUT2D eigenvalue weighted by Gasteiger charge is 2.29. The quantitative estimate of drug-likeness (QED) is 0.482. The molecule has 0 bridgehead atoms. The Morgan fingerprint density at radius 3 is 2.79 bits per heavy atom. The SMILES string of the molecule is CCOC(=O)C(=O)c1c(F)cc2c(c1Br)OCCO2. The summed E-state index contributed by atoms with van der Waals surface area (Å²) in [6, 6.07) is 1.02. The molecule has 0 unspecified atom stereocenters. The fourth-order valence-corrected chi connectivity index (χ4v) is 2.30. The van der Waals surface area contributed by atoms with Gasteiger partial charge < -0.3 is 14.2 Å². The zero-order chi connectivity index (χ0) is 14.0. The Morgan fingerprint density at radius 1 is 1.42 bits per heavy atom. The van der Waals surface area contributed by atoms with Crippen LogP contribution in [-0.2, 0) is 9.53 Å². The monoisotopic (exact) mass is 332 g/mol. The predicted octanol–water partition coefficient (Wildman–Crippen LogP) is 2.11. The standard InChI is InChI=1S/C12H10BrFO5/c1-2-17-12(16)10(15)8-6(14)5-7-11(9(8)13)19-4-3-18-7/h5H,2-4H2,1H3. The smallest absolute Gasteiger partial charge is 0.379 e. The molecule has 0 saturated carbocycles. The summed E-state index contributed by atoms with van der Waals surface area (Å²) in [6.45, 7) is 2.17. The van der Waals surface area contributed by atoms with Crippen molar-refractivity contribution in [1.29, 1.82) is 0 Å². The number of Topliss-reactive ketones (excluding diaryl/α,β-unsaturated/α-hetero) is 1. The van der Waals surface area contributed by atoms with Gasteiger partial charge in [-0.25, -0.2) is 9.18 Å². The van der Waals surface area contributed by atoms with Crippen LogP contribution in [0.4, 0.5) is 4.39 Å². The minimum Gasteiger partial charge on any atom is -0.486 e. The average Bonchev–Trinajstić information content (AvgIpc) is 2.38. The Bertz CT molecular complexity index is 543. The molecular formula is C12H10BrFO5. The number of hydrogen-bond donors (Lipinski definition) is 0. The molecule has 1 heterocycles. The zero-order valence-electron chi connectivity index (χ0n) is 10.00. The van der Waals surface area contributed by atoms with Crippen molar-refractivity contribution in [2.75, 3.05) is 19.8 Å². The third-order valence-corrected chi connectivity index (χ3v) is 3.17. The number of carbonyl (C=O) groups excluding carboxylic acids is 2. The molecule has 0 spiro atoms. The first-order valence-electron chi connectivity index (χ1n) is 5.55. The van der Waals surface area contributed by atoms with Gasteiger partial charge in [-0.1, -0.05) is 0 Å². The predicted molar refractivity (Wildman–Crippen MR) is 66.1 cm³/mol. The van der Waals surface area contributed by atoms with Gasteiger partial charge in [0.05, 0.1) is 16.6 Å². The van der Waals surface area contributed by atoms with Crippen LogP contribution in [0.15, 0.2) is 10.5 Å². The summed E-state index contributed by atoms with van der Waals surface area (Å²) >= 11 is 3.06. The van der Waals surface area contributed by atoms with E-state index in [1.54, 1.807) is 6.92 Å². The van der Waals surface area contributed by atoms with Gasteiger partial charge in [-0.05, 0) is 22.9 Å². The maximum Gasteiger partial charge on any atom is 0.379 e. The Kier molecular flexibility index (Phi) is 4.04. The topological polar surface area (TPSA) is 61.8 Å². The second-order valence-electron chi connectivity index (χ2n) is 3.62. The number of esters is 1. The van der Waals surface area contributed by atoms with Crippen molar-refractivity contribution >= 4 is 27.7 Å². The first kappa shape index (κ1) is 13.8. The van der Waals surface area contributed by atoms with E-state index in [4.69, 9.17) is 9.47 Å². The number of benzene rings is 1. The van der Waals surface area contributed by atoms with E-state index >= 15 is 0 Å². The summed E-state index contributed by atoms with van der Waals surface area (Å²) in [5, 5.41) is 0. The zero-order valence-corrected chi connectivity index (χ0v) is 11.6. The molecule has 0 amide bonds. The summed E-state index contributed by atoms with van der Waals surface area (Å²) in [4.78, 5) is 23.2. The number of ether oxygens (including phenoxy) is 3. The van der Waals surface area contributed by atoms with Crippen LogP contribution in [-0.4, -0.2) is 31.6 Å². The van der Waals surface area contributed by atoms with Gasteiger partial charge in [-0.2, -0.15) is 0 Å². The fraction of sp³-hybridized carbons (Fsp3) is 0.333. The molecule has 1 aliphatic rings. The van der Waals surface area contributed by atoms with Gasteiger partial charge >= 0.3 is 5.97 Å². The minimum absolute atomic E-state index is 0.0361. The number of carbonyl (C=O) groups is 2. The largest absolute Gasteiger partial charge is 0.486 e. The summed E-state index contributed by atoms with van der Waals surface area (Å²) in [7, 11) is 0. The normalized spacial score (nSPS) is 13.0. The Balaban J connectivity index is 2.46. The van der Waals surface area contributed by atoms with Crippen molar-refractivity contribution in [2.24, 2.45) is 0 Å². The first-order chi connectivity index (χ1) is 9.06. The summed E-state index contributed by atoms with van der Waals surface area (Å²) in [5.74, 6) is -2.65. The minimum atomic E-state index is -1.11. The van der Waals surface area contributed by atoms with Crippen molar-refractivity contribution in [2.45, 2.75) is 6.92 Å². The lowest BCUT2D eigenvalue weighted by Gasteiger charge is -2.20. The van der Waals surface area contributed by atoms with Crippen LogP contribution in [0.2, 0.25) is 0 Å². The van der Waals surface area contributed by atoms with Gasteiger partial charge in [-0.3, -0.25) is 4.79 Å². The van der Waals surface area contributed by atoms with Crippen molar-refractivity contribution in [3.63, 3.8) is 0 Å². The maximum atomic E-state index is 13.9. The van der Waals surface area contributed by atoms with Crippen LogP contribution in [0.1, 0.15) is 17.3 Å². The average molecular weight is 333 g/mol. The fourth-order valence-electron chi connectivity index (χ4n) is 1.62. The molecule has 1 aromatic rings. The molecule has 0 aromatic heterocycles. The molecule has 0 saturated heterocycles. The van der Waals surface area contributed by atoms with Crippen LogP contribution >= 0.6 is 15.9 Å². The van der Waals surface area contributed by atoms with Gasteiger partial charge in [0.2, 0.25) is 0 Å². The summed E-state index contributed by atoms with van der Waals surface area (Å²) < 4.78 is 29.0. The number of fused-ring (bicyclic) bond motifs is 1. The molecule has 1 aliphatic heterocycles. The Labute approximate surface area is 116 Å². The molecule has 0 atom stereocenters. The third-order valence-electron chi connectivity index (χ3n) is 2.41. The highest BCUT2D eigenvalue weighted by molar-refractivity contribution is 9.10. The van der Waals surface area contributed by atoms with Crippen LogP contribution < -0.4 is 9.47 Å². The molecule has 19 heavy (non-hydrogen) atoms. The highest BCUT2D eigenvalue weighted by Crippen LogP contribution is 2.41. The van der Waals surface area contributed by atoms with Crippen LogP contribution in [0.3, 0.4) is 0 Å². The molecule has 0 aliphatic carbocycles. The van der Waals surface area contributed by atoms with Crippen molar-refractivity contribution in [3.8, 4) is 11.5 Å². The van der Waals surface area contributed by atoms with E-state index in [-0.39, 0.29) is 29.2 Å². The van der Waals surface area contributed by atoms with Gasteiger partial charge in [0.15, 0.2) is 11.5 Å². The second kappa shape index (κ2) is 5.56. The van der Waals surface area contributed by atoms with Crippen molar-refractivity contribution in [3.05, 3.63) is 21.9 Å². The lowest BCUT2D eigenvalue weighted by molar-refractivity contribution is -0.137. The Hall–Kier alpha value is -1.63. The van der Waals surface area contributed by atoms with Gasteiger partial charge in [0.1, 0.15) is 19.0 Å². The van der Waals surface area contributed by atoms with Crippen LogP contribution in [0.5, 0.6) is 11.5 Å². The van der Waals surface area contributed by atoms with Gasteiger partial charge in [-0.15, -0.1) is 0 Å². The third kappa shape index (κ3) is 2.56. The molecule has 0 radical (unpaired) electrons. The van der Waals surface area contributed by atoms with Crippen LogP contribution in [0, 0.1) is 5.82 Å². The van der Waals surface area contributed by atoms with E-state index < -0.39 is 23.1 Å². The molecule has 5 nitrogen and oxygen atoms in total. The number of hydrogen-bond acceptors (Lipinski definition) is 5. The molecule has 0 fully saturated rings. The maximum absolute atomic E-state index is 13.9. The number of rotatable bonds is 3. The molecule has 7 heteroatoms. The Morgan fingerprint density at radius 2 is 2.11 bits per heavy atom. The van der Waals surface area contributed by atoms with Crippen molar-refractivity contribution < 1.29 is 28.2 Å². The van der Waals surface area contributed by atoms with Crippen LogP contribution in [0.25, 0.3) is 0 Å². The molecule has 0 N–H and O–H groups in total. The number of ketones is 1. The lowest BCUT2D eigenvalue weighted by atomic mass is 10.1. The molecular weight excluding hydrogens is 323 g/mol. The molecule has 1 aromatic carbocycles. The molecule has 2 rings (SSSR count). The lowest BCUT2D eigenvalue weighted by Crippen LogP contribution is -2.22.